The Morgan fingerprint density at radius 3 is 2.54 bits per heavy atom. The largest absolute Gasteiger partial charge is 0.353 e. The van der Waals surface area contributed by atoms with E-state index in [2.05, 4.69) is 22.5 Å². The van der Waals surface area contributed by atoms with Crippen LogP contribution in [0.4, 0.5) is 0 Å². The molecule has 2 rings (SSSR count). The summed E-state index contributed by atoms with van der Waals surface area (Å²) >= 11 is 0. The van der Waals surface area contributed by atoms with Crippen molar-refractivity contribution >= 4 is 11.8 Å². The van der Waals surface area contributed by atoms with Crippen molar-refractivity contribution in [3.8, 4) is 0 Å². The van der Waals surface area contributed by atoms with E-state index in [1.165, 1.54) is 12.8 Å². The second kappa shape index (κ2) is 9.37. The minimum Gasteiger partial charge on any atom is -0.353 e. The third-order valence-corrected chi connectivity index (χ3v) is 5.46. The zero-order valence-corrected chi connectivity index (χ0v) is 15.5. The molecule has 0 aromatic heterocycles. The predicted octanol–water partition coefficient (Wildman–Crippen LogP) is 0.681. The van der Waals surface area contributed by atoms with E-state index in [-0.39, 0.29) is 17.9 Å². The van der Waals surface area contributed by atoms with Crippen molar-refractivity contribution in [3.63, 3.8) is 0 Å². The Bertz CT molecular complexity index is 413. The number of piperidine rings is 2. The number of hydrogen-bond acceptors (Lipinski definition) is 4. The number of hydrogen-bond donors (Lipinski definition) is 2. The summed E-state index contributed by atoms with van der Waals surface area (Å²) in [4.78, 5) is 27.9. The number of carbonyl (C=O) groups is 2. The van der Waals surface area contributed by atoms with Gasteiger partial charge in [0.15, 0.2) is 0 Å². The van der Waals surface area contributed by atoms with Crippen LogP contribution in [0.2, 0.25) is 0 Å². The van der Waals surface area contributed by atoms with E-state index in [0.29, 0.717) is 24.8 Å². The minimum absolute atomic E-state index is 0.146. The van der Waals surface area contributed by atoms with Crippen LogP contribution in [0, 0.1) is 11.8 Å². The molecule has 0 spiro atoms. The highest BCUT2D eigenvalue weighted by molar-refractivity contribution is 5.77. The van der Waals surface area contributed by atoms with Crippen LogP contribution in [0.5, 0.6) is 0 Å². The van der Waals surface area contributed by atoms with Gasteiger partial charge in [-0.1, -0.05) is 6.92 Å². The van der Waals surface area contributed by atoms with Gasteiger partial charge in [0.05, 0.1) is 6.54 Å². The van der Waals surface area contributed by atoms with Crippen LogP contribution >= 0.6 is 0 Å². The molecular weight excluding hydrogens is 304 g/mol. The van der Waals surface area contributed by atoms with E-state index < -0.39 is 0 Å². The highest BCUT2D eigenvalue weighted by Gasteiger charge is 2.25. The molecule has 0 aliphatic carbocycles. The average Bonchev–Trinajstić information content (AvgIpc) is 2.57. The SMILES string of the molecule is CC(CC(=O)NC1CCN(CC(=O)N(C)C)CC1)C1CCCNC1. The monoisotopic (exact) mass is 338 g/mol. The van der Waals surface area contributed by atoms with Gasteiger partial charge in [-0.15, -0.1) is 0 Å². The molecule has 0 bridgehead atoms. The second-order valence-corrected chi connectivity index (χ2v) is 7.69. The third-order valence-electron chi connectivity index (χ3n) is 5.46. The Kier molecular flexibility index (Phi) is 7.49. The predicted molar refractivity (Wildman–Crippen MR) is 95.7 cm³/mol. The maximum absolute atomic E-state index is 12.3. The number of likely N-dealkylation sites (N-methyl/N-ethyl adjacent to an activating group) is 1. The number of rotatable bonds is 6. The molecule has 2 atom stereocenters. The van der Waals surface area contributed by atoms with E-state index in [1.807, 2.05) is 0 Å². The van der Waals surface area contributed by atoms with Gasteiger partial charge >= 0.3 is 0 Å². The van der Waals surface area contributed by atoms with E-state index in [0.717, 1.165) is 39.0 Å². The summed E-state index contributed by atoms with van der Waals surface area (Å²) in [5, 5.41) is 6.63. The van der Waals surface area contributed by atoms with Crippen molar-refractivity contribution in [1.29, 1.82) is 0 Å². The molecule has 24 heavy (non-hydrogen) atoms. The molecule has 2 heterocycles. The van der Waals surface area contributed by atoms with Crippen LogP contribution in [0.15, 0.2) is 0 Å². The Hall–Kier alpha value is -1.14. The summed E-state index contributed by atoms with van der Waals surface area (Å²) in [7, 11) is 3.58. The van der Waals surface area contributed by atoms with Crippen molar-refractivity contribution in [1.82, 2.24) is 20.4 Å². The molecule has 2 N–H and O–H groups in total. The maximum Gasteiger partial charge on any atom is 0.236 e. The first kappa shape index (κ1) is 19.2. The first-order valence-electron chi connectivity index (χ1n) is 9.38. The lowest BCUT2D eigenvalue weighted by Gasteiger charge is -2.33. The summed E-state index contributed by atoms with van der Waals surface area (Å²) in [5.74, 6) is 1.40. The molecular formula is C18H34N4O2. The Balaban J connectivity index is 1.65. The lowest BCUT2D eigenvalue weighted by atomic mass is 9.85. The van der Waals surface area contributed by atoms with Gasteiger partial charge in [-0.25, -0.2) is 0 Å². The number of likely N-dealkylation sites (tertiary alicyclic amines) is 1. The summed E-state index contributed by atoms with van der Waals surface area (Å²) in [6.45, 7) is 6.61. The fourth-order valence-electron chi connectivity index (χ4n) is 3.68. The topological polar surface area (TPSA) is 64.7 Å². The molecule has 2 aliphatic rings. The lowest BCUT2D eigenvalue weighted by molar-refractivity contribution is -0.130. The fourth-order valence-corrected chi connectivity index (χ4v) is 3.68. The van der Waals surface area contributed by atoms with Gasteiger partial charge in [0.1, 0.15) is 0 Å². The number of carbonyl (C=O) groups excluding carboxylic acids is 2. The second-order valence-electron chi connectivity index (χ2n) is 7.69. The van der Waals surface area contributed by atoms with E-state index in [1.54, 1.807) is 19.0 Å². The quantitative estimate of drug-likeness (QED) is 0.748. The van der Waals surface area contributed by atoms with Gasteiger partial charge in [-0.2, -0.15) is 0 Å². The van der Waals surface area contributed by atoms with Crippen LogP contribution in [0.1, 0.15) is 39.0 Å². The summed E-state index contributed by atoms with van der Waals surface area (Å²) in [5.41, 5.74) is 0. The highest BCUT2D eigenvalue weighted by Crippen LogP contribution is 2.22. The average molecular weight is 338 g/mol. The van der Waals surface area contributed by atoms with Gasteiger partial charge in [-0.05, 0) is 50.6 Å². The Morgan fingerprint density at radius 2 is 1.96 bits per heavy atom. The lowest BCUT2D eigenvalue weighted by Crippen LogP contribution is -2.47. The first-order chi connectivity index (χ1) is 11.5. The summed E-state index contributed by atoms with van der Waals surface area (Å²) in [6.07, 6.45) is 4.96. The van der Waals surface area contributed by atoms with Crippen molar-refractivity contribution < 1.29 is 9.59 Å². The van der Waals surface area contributed by atoms with Crippen LogP contribution in [0.3, 0.4) is 0 Å². The Labute approximate surface area is 146 Å². The molecule has 2 unspecified atom stereocenters. The first-order valence-corrected chi connectivity index (χ1v) is 9.38. The smallest absolute Gasteiger partial charge is 0.236 e. The van der Waals surface area contributed by atoms with Gasteiger partial charge in [0.25, 0.3) is 0 Å². The zero-order valence-electron chi connectivity index (χ0n) is 15.5. The van der Waals surface area contributed by atoms with Gasteiger partial charge in [0, 0.05) is 39.6 Å². The molecule has 0 aromatic carbocycles. The molecule has 0 saturated carbocycles. The molecule has 2 saturated heterocycles. The standard InChI is InChI=1S/C18H34N4O2/c1-14(15-5-4-8-19-12-15)11-17(23)20-16-6-9-22(10-7-16)13-18(24)21(2)3/h14-16,19H,4-13H2,1-3H3,(H,20,23). The van der Waals surface area contributed by atoms with E-state index >= 15 is 0 Å². The van der Waals surface area contributed by atoms with Crippen molar-refractivity contribution in [2.75, 3.05) is 46.8 Å². The van der Waals surface area contributed by atoms with E-state index in [4.69, 9.17) is 0 Å². The van der Waals surface area contributed by atoms with Gasteiger partial charge < -0.3 is 15.5 Å². The fraction of sp³-hybridized carbons (Fsp3) is 0.889. The molecule has 2 aliphatic heterocycles. The zero-order chi connectivity index (χ0) is 17.5. The van der Waals surface area contributed by atoms with Crippen molar-refractivity contribution in [2.24, 2.45) is 11.8 Å². The minimum atomic E-state index is 0.146. The van der Waals surface area contributed by atoms with Crippen molar-refractivity contribution in [3.05, 3.63) is 0 Å². The van der Waals surface area contributed by atoms with Gasteiger partial charge in [0.2, 0.25) is 11.8 Å². The molecule has 6 heteroatoms. The van der Waals surface area contributed by atoms with Crippen LogP contribution < -0.4 is 10.6 Å². The highest BCUT2D eigenvalue weighted by atomic mass is 16.2. The summed E-state index contributed by atoms with van der Waals surface area (Å²) in [6, 6.07) is 0.264. The van der Waals surface area contributed by atoms with Crippen LogP contribution in [-0.2, 0) is 9.59 Å². The molecule has 2 amide bonds. The Morgan fingerprint density at radius 1 is 1.25 bits per heavy atom. The number of nitrogens with one attached hydrogen (secondary N) is 2. The normalized spacial score (nSPS) is 24.4. The number of amides is 2. The summed E-state index contributed by atoms with van der Waals surface area (Å²) < 4.78 is 0. The van der Waals surface area contributed by atoms with Crippen molar-refractivity contribution in [2.45, 2.75) is 45.1 Å². The van der Waals surface area contributed by atoms with Gasteiger partial charge in [-0.3, -0.25) is 14.5 Å². The molecule has 6 nitrogen and oxygen atoms in total. The van der Waals surface area contributed by atoms with E-state index in [9.17, 15) is 9.59 Å². The molecule has 138 valence electrons. The van der Waals surface area contributed by atoms with Crippen LogP contribution in [-0.4, -0.2) is 74.5 Å². The molecule has 0 radical (unpaired) electrons. The maximum atomic E-state index is 12.3. The number of nitrogens with zero attached hydrogens (tertiary/aromatic N) is 2. The molecule has 2 fully saturated rings. The van der Waals surface area contributed by atoms with Crippen LogP contribution in [0.25, 0.3) is 0 Å². The third kappa shape index (κ3) is 6.06. The molecule has 0 aromatic rings.